The molecule has 0 aliphatic heterocycles. The minimum atomic E-state index is 0. The molecule has 2 N–H and O–H groups in total. The van der Waals surface area contributed by atoms with Crippen LogP contribution >= 0.6 is 46.9 Å². The molecule has 2 aromatic heterocycles. The standard InChI is InChI=1S/C19H22ClN5OS.HI/c1-13(15-7-9-27-12-15)11-23-19(21-2)22-8-6-17-24-18(25-26-17)14-4-3-5-16(20)10-14;/h3-5,7,9-10,12-13H,6,8,11H2,1-2H3,(H2,21,22,23);1H. The van der Waals surface area contributed by atoms with E-state index < -0.39 is 0 Å². The Bertz CT molecular complexity index is 884. The highest BCUT2D eigenvalue weighted by Crippen LogP contribution is 2.20. The molecule has 0 aliphatic carbocycles. The van der Waals surface area contributed by atoms with Gasteiger partial charge in [0.25, 0.3) is 0 Å². The van der Waals surface area contributed by atoms with Crippen LogP contribution in [0.25, 0.3) is 11.4 Å². The van der Waals surface area contributed by atoms with Crippen LogP contribution in [0.15, 0.2) is 50.6 Å². The van der Waals surface area contributed by atoms with Crippen LogP contribution in [-0.2, 0) is 6.42 Å². The van der Waals surface area contributed by atoms with Crippen molar-refractivity contribution in [2.45, 2.75) is 19.3 Å². The topological polar surface area (TPSA) is 75.3 Å². The fourth-order valence-electron chi connectivity index (χ4n) is 2.53. The summed E-state index contributed by atoms with van der Waals surface area (Å²) in [4.78, 5) is 8.67. The Balaban J connectivity index is 0.00000280. The molecular formula is C19H23ClIN5OS. The first kappa shape index (κ1) is 22.6. The van der Waals surface area contributed by atoms with Gasteiger partial charge in [0.1, 0.15) is 0 Å². The van der Waals surface area contributed by atoms with Crippen molar-refractivity contribution in [1.82, 2.24) is 20.8 Å². The van der Waals surface area contributed by atoms with E-state index >= 15 is 0 Å². The van der Waals surface area contributed by atoms with E-state index in [1.807, 2.05) is 24.3 Å². The number of aliphatic imine (C=N–C) groups is 1. The summed E-state index contributed by atoms with van der Waals surface area (Å²) in [7, 11) is 1.76. The summed E-state index contributed by atoms with van der Waals surface area (Å²) in [5.41, 5.74) is 2.17. The van der Waals surface area contributed by atoms with Crippen LogP contribution < -0.4 is 10.6 Å². The molecule has 0 radical (unpaired) electrons. The third kappa shape index (κ3) is 6.46. The monoisotopic (exact) mass is 531 g/mol. The molecule has 0 spiro atoms. The summed E-state index contributed by atoms with van der Waals surface area (Å²) in [5, 5.41) is 15.5. The molecule has 2 heterocycles. The molecule has 6 nitrogen and oxygen atoms in total. The molecule has 0 saturated carbocycles. The van der Waals surface area contributed by atoms with E-state index in [1.54, 1.807) is 18.4 Å². The molecule has 3 aromatic rings. The van der Waals surface area contributed by atoms with Gasteiger partial charge in [-0.1, -0.05) is 35.8 Å². The van der Waals surface area contributed by atoms with Gasteiger partial charge in [-0.15, -0.1) is 24.0 Å². The van der Waals surface area contributed by atoms with Crippen LogP contribution in [0.3, 0.4) is 0 Å². The van der Waals surface area contributed by atoms with Gasteiger partial charge in [-0.2, -0.15) is 16.3 Å². The van der Waals surface area contributed by atoms with Crippen LogP contribution in [0.4, 0.5) is 0 Å². The summed E-state index contributed by atoms with van der Waals surface area (Å²) in [6, 6.07) is 9.55. The summed E-state index contributed by atoms with van der Waals surface area (Å²) < 4.78 is 5.32. The molecule has 0 bridgehead atoms. The number of hydrogen-bond acceptors (Lipinski definition) is 5. The van der Waals surface area contributed by atoms with Gasteiger partial charge in [0.2, 0.25) is 11.7 Å². The van der Waals surface area contributed by atoms with Crippen LogP contribution in [0, 0.1) is 0 Å². The molecule has 0 saturated heterocycles. The number of benzene rings is 1. The van der Waals surface area contributed by atoms with Crippen molar-refractivity contribution in [3.05, 3.63) is 57.6 Å². The Morgan fingerprint density at radius 1 is 1.32 bits per heavy atom. The normalized spacial score (nSPS) is 12.3. The number of nitrogens with zero attached hydrogens (tertiary/aromatic N) is 3. The Kier molecular flexibility index (Phi) is 9.20. The third-order valence-corrected chi connectivity index (χ3v) is 5.03. The van der Waals surface area contributed by atoms with Gasteiger partial charge < -0.3 is 15.2 Å². The van der Waals surface area contributed by atoms with Gasteiger partial charge in [0.15, 0.2) is 5.96 Å². The molecule has 3 rings (SSSR count). The molecule has 0 fully saturated rings. The number of aromatic nitrogens is 2. The summed E-state index contributed by atoms with van der Waals surface area (Å²) in [5.74, 6) is 2.29. The minimum absolute atomic E-state index is 0. The molecule has 1 unspecified atom stereocenters. The first-order valence-electron chi connectivity index (χ1n) is 8.71. The van der Waals surface area contributed by atoms with Gasteiger partial charge in [-0.3, -0.25) is 4.99 Å². The van der Waals surface area contributed by atoms with Crippen molar-refractivity contribution in [3.8, 4) is 11.4 Å². The number of nitrogens with one attached hydrogen (secondary N) is 2. The maximum absolute atomic E-state index is 6.00. The average Bonchev–Trinajstić information content (AvgIpc) is 3.36. The van der Waals surface area contributed by atoms with Crippen LogP contribution in [-0.4, -0.2) is 36.2 Å². The average molecular weight is 532 g/mol. The molecule has 0 amide bonds. The van der Waals surface area contributed by atoms with Crippen molar-refractivity contribution < 1.29 is 4.52 Å². The van der Waals surface area contributed by atoms with E-state index in [1.165, 1.54) is 5.56 Å². The van der Waals surface area contributed by atoms with Crippen LogP contribution in [0.1, 0.15) is 24.3 Å². The fourth-order valence-corrected chi connectivity index (χ4v) is 3.51. The zero-order valence-electron chi connectivity index (χ0n) is 15.7. The highest BCUT2D eigenvalue weighted by Gasteiger charge is 2.10. The molecule has 0 aliphatic rings. The van der Waals surface area contributed by atoms with Gasteiger partial charge in [-0.25, -0.2) is 0 Å². The van der Waals surface area contributed by atoms with E-state index in [0.29, 0.717) is 35.6 Å². The Labute approximate surface area is 190 Å². The molecule has 28 heavy (non-hydrogen) atoms. The minimum Gasteiger partial charge on any atom is -0.356 e. The second-order valence-corrected chi connectivity index (χ2v) is 7.33. The zero-order chi connectivity index (χ0) is 19.1. The van der Waals surface area contributed by atoms with E-state index in [-0.39, 0.29) is 24.0 Å². The first-order chi connectivity index (χ1) is 13.2. The summed E-state index contributed by atoms with van der Waals surface area (Å²) >= 11 is 7.72. The quantitative estimate of drug-likeness (QED) is 0.265. The molecular weight excluding hydrogens is 509 g/mol. The second-order valence-electron chi connectivity index (χ2n) is 6.11. The highest BCUT2D eigenvalue weighted by atomic mass is 127. The highest BCUT2D eigenvalue weighted by molar-refractivity contribution is 14.0. The lowest BCUT2D eigenvalue weighted by Crippen LogP contribution is -2.39. The van der Waals surface area contributed by atoms with Crippen molar-refractivity contribution in [2.24, 2.45) is 4.99 Å². The molecule has 1 atom stereocenters. The van der Waals surface area contributed by atoms with Gasteiger partial charge in [0.05, 0.1) is 0 Å². The molecule has 1 aromatic carbocycles. The first-order valence-corrected chi connectivity index (χ1v) is 10.0. The Morgan fingerprint density at radius 3 is 2.89 bits per heavy atom. The lowest BCUT2D eigenvalue weighted by molar-refractivity contribution is 0.378. The SMILES string of the molecule is CN=C(NCCc1nc(-c2cccc(Cl)c2)no1)NCC(C)c1ccsc1.I. The second kappa shape index (κ2) is 11.4. The number of hydrogen-bond donors (Lipinski definition) is 2. The number of thiophene rings is 1. The number of rotatable bonds is 7. The summed E-state index contributed by atoms with van der Waals surface area (Å²) in [6.07, 6.45) is 0.606. The van der Waals surface area contributed by atoms with Gasteiger partial charge in [-0.05, 0) is 40.4 Å². The van der Waals surface area contributed by atoms with Gasteiger partial charge in [0, 0.05) is 37.1 Å². The lowest BCUT2D eigenvalue weighted by atomic mass is 10.1. The maximum atomic E-state index is 6.00. The maximum Gasteiger partial charge on any atom is 0.228 e. The zero-order valence-corrected chi connectivity index (χ0v) is 19.6. The predicted octanol–water partition coefficient (Wildman–Crippen LogP) is 4.58. The molecule has 9 heteroatoms. The number of guanidine groups is 1. The van der Waals surface area contributed by atoms with Crippen LogP contribution in [0.5, 0.6) is 0 Å². The Morgan fingerprint density at radius 2 is 2.18 bits per heavy atom. The van der Waals surface area contributed by atoms with Crippen LogP contribution in [0.2, 0.25) is 5.02 Å². The predicted molar refractivity (Wildman–Crippen MR) is 126 cm³/mol. The van der Waals surface area contributed by atoms with Crippen molar-refractivity contribution in [1.29, 1.82) is 0 Å². The van der Waals surface area contributed by atoms with Crippen molar-refractivity contribution in [3.63, 3.8) is 0 Å². The van der Waals surface area contributed by atoms with E-state index in [2.05, 4.69) is 49.5 Å². The third-order valence-electron chi connectivity index (χ3n) is 4.09. The largest absolute Gasteiger partial charge is 0.356 e. The van der Waals surface area contributed by atoms with Gasteiger partial charge >= 0.3 is 0 Å². The van der Waals surface area contributed by atoms with Crippen molar-refractivity contribution >= 4 is 52.9 Å². The van der Waals surface area contributed by atoms with Crippen molar-refractivity contribution in [2.75, 3.05) is 20.1 Å². The van der Waals surface area contributed by atoms with E-state index in [0.717, 1.165) is 18.1 Å². The lowest BCUT2D eigenvalue weighted by Gasteiger charge is -2.15. The summed E-state index contributed by atoms with van der Waals surface area (Å²) in [6.45, 7) is 3.65. The van der Waals surface area contributed by atoms with E-state index in [4.69, 9.17) is 16.1 Å². The Hall–Kier alpha value is -1.65. The number of halogens is 2. The fraction of sp³-hybridized carbons (Fsp3) is 0.316. The smallest absolute Gasteiger partial charge is 0.228 e. The van der Waals surface area contributed by atoms with E-state index in [9.17, 15) is 0 Å². The molecule has 150 valence electrons.